The van der Waals surface area contributed by atoms with Gasteiger partial charge in [0.1, 0.15) is 0 Å². The summed E-state index contributed by atoms with van der Waals surface area (Å²) in [6, 6.07) is 0.0925. The Hall–Kier alpha value is -0.610. The Bertz CT molecular complexity index is 175. The normalized spacial score (nSPS) is 13.8. The van der Waals surface area contributed by atoms with Crippen LogP contribution in [0.5, 0.6) is 0 Å². The summed E-state index contributed by atoms with van der Waals surface area (Å²) in [6.07, 6.45) is 1.21. The third kappa shape index (κ3) is 6.86. The van der Waals surface area contributed by atoms with Gasteiger partial charge in [0.15, 0.2) is 0 Å². The molecule has 0 saturated carbocycles. The molecule has 0 aliphatic rings. The Morgan fingerprint density at radius 3 is 2.50 bits per heavy atom. The maximum absolute atomic E-state index is 11.5. The molecule has 1 atom stereocenters. The standard InChI is InChI=1S/C10H22N2O2/c1-5-8(7-14-4)12-9(13)6-10(2,3)11/h8H,5-7,11H2,1-4H3,(H,12,13). The van der Waals surface area contributed by atoms with Crippen LogP contribution in [0.2, 0.25) is 0 Å². The number of methoxy groups -OCH3 is 1. The summed E-state index contributed by atoms with van der Waals surface area (Å²) in [5.74, 6) is -0.0126. The summed E-state index contributed by atoms with van der Waals surface area (Å²) < 4.78 is 4.98. The molecule has 0 radical (unpaired) electrons. The fourth-order valence-corrected chi connectivity index (χ4v) is 1.16. The van der Waals surface area contributed by atoms with Gasteiger partial charge < -0.3 is 15.8 Å². The zero-order valence-electron chi connectivity index (χ0n) is 9.59. The zero-order chi connectivity index (χ0) is 11.2. The molecule has 0 aliphatic carbocycles. The molecule has 0 saturated heterocycles. The van der Waals surface area contributed by atoms with Crippen molar-refractivity contribution in [3.8, 4) is 0 Å². The first-order chi connectivity index (χ1) is 6.39. The maximum Gasteiger partial charge on any atom is 0.222 e. The van der Waals surface area contributed by atoms with E-state index >= 15 is 0 Å². The molecule has 0 heterocycles. The van der Waals surface area contributed by atoms with Gasteiger partial charge in [-0.25, -0.2) is 0 Å². The molecule has 0 fully saturated rings. The lowest BCUT2D eigenvalue weighted by atomic mass is 10.0. The number of ether oxygens (including phenoxy) is 1. The molecule has 14 heavy (non-hydrogen) atoms. The summed E-state index contributed by atoms with van der Waals surface area (Å²) in [4.78, 5) is 11.5. The number of nitrogens with one attached hydrogen (secondary N) is 1. The lowest BCUT2D eigenvalue weighted by molar-refractivity contribution is -0.123. The summed E-state index contributed by atoms with van der Waals surface area (Å²) in [6.45, 7) is 6.23. The highest BCUT2D eigenvalue weighted by Crippen LogP contribution is 2.03. The van der Waals surface area contributed by atoms with Gasteiger partial charge in [0, 0.05) is 19.1 Å². The van der Waals surface area contributed by atoms with Crippen LogP contribution in [0.3, 0.4) is 0 Å². The van der Waals surface area contributed by atoms with Crippen molar-refractivity contribution in [1.29, 1.82) is 0 Å². The van der Waals surface area contributed by atoms with Crippen LogP contribution in [0.15, 0.2) is 0 Å². The first-order valence-corrected chi connectivity index (χ1v) is 4.96. The van der Waals surface area contributed by atoms with Crippen LogP contribution in [0, 0.1) is 0 Å². The first-order valence-electron chi connectivity index (χ1n) is 4.96. The SMILES string of the molecule is CCC(COC)NC(=O)CC(C)(C)N. The van der Waals surface area contributed by atoms with E-state index in [9.17, 15) is 4.79 Å². The number of amides is 1. The third-order valence-electron chi connectivity index (χ3n) is 1.84. The van der Waals surface area contributed by atoms with Gasteiger partial charge in [0.05, 0.1) is 12.6 Å². The fourth-order valence-electron chi connectivity index (χ4n) is 1.16. The van der Waals surface area contributed by atoms with Gasteiger partial charge in [-0.2, -0.15) is 0 Å². The number of carbonyl (C=O) groups is 1. The van der Waals surface area contributed by atoms with Crippen molar-refractivity contribution in [3.63, 3.8) is 0 Å². The minimum absolute atomic E-state index is 0.0126. The van der Waals surface area contributed by atoms with E-state index in [1.165, 1.54) is 0 Å². The van der Waals surface area contributed by atoms with Crippen LogP contribution in [0.25, 0.3) is 0 Å². The average molecular weight is 202 g/mol. The molecule has 0 aromatic rings. The Morgan fingerprint density at radius 1 is 1.57 bits per heavy atom. The van der Waals surface area contributed by atoms with E-state index in [0.29, 0.717) is 13.0 Å². The fraction of sp³-hybridized carbons (Fsp3) is 0.900. The molecular weight excluding hydrogens is 180 g/mol. The largest absolute Gasteiger partial charge is 0.383 e. The highest BCUT2D eigenvalue weighted by atomic mass is 16.5. The van der Waals surface area contributed by atoms with Gasteiger partial charge in [-0.1, -0.05) is 6.92 Å². The van der Waals surface area contributed by atoms with Crippen molar-refractivity contribution < 1.29 is 9.53 Å². The molecule has 0 rings (SSSR count). The average Bonchev–Trinajstić information content (AvgIpc) is 2.00. The Kier molecular flexibility index (Phi) is 5.72. The van der Waals surface area contributed by atoms with Crippen molar-refractivity contribution in [3.05, 3.63) is 0 Å². The van der Waals surface area contributed by atoms with Crippen LogP contribution < -0.4 is 11.1 Å². The molecule has 0 aliphatic heterocycles. The molecule has 0 bridgehead atoms. The molecular formula is C10H22N2O2. The molecule has 0 aromatic carbocycles. The summed E-state index contributed by atoms with van der Waals surface area (Å²) in [5.41, 5.74) is 5.29. The third-order valence-corrected chi connectivity index (χ3v) is 1.84. The van der Waals surface area contributed by atoms with Crippen LogP contribution in [-0.4, -0.2) is 31.2 Å². The van der Waals surface area contributed by atoms with E-state index in [2.05, 4.69) is 5.32 Å². The summed E-state index contributed by atoms with van der Waals surface area (Å²) in [5, 5.41) is 2.88. The number of rotatable bonds is 6. The minimum Gasteiger partial charge on any atom is -0.383 e. The van der Waals surface area contributed by atoms with Crippen molar-refractivity contribution in [1.82, 2.24) is 5.32 Å². The van der Waals surface area contributed by atoms with Gasteiger partial charge in [0.25, 0.3) is 0 Å². The van der Waals surface area contributed by atoms with Gasteiger partial charge in [-0.15, -0.1) is 0 Å². The number of nitrogens with two attached hydrogens (primary N) is 1. The molecule has 1 amide bonds. The van der Waals surface area contributed by atoms with Gasteiger partial charge in [0.2, 0.25) is 5.91 Å². The van der Waals surface area contributed by atoms with Gasteiger partial charge in [-0.05, 0) is 20.3 Å². The van der Waals surface area contributed by atoms with Crippen LogP contribution in [0.1, 0.15) is 33.6 Å². The highest BCUT2D eigenvalue weighted by molar-refractivity contribution is 5.77. The van der Waals surface area contributed by atoms with E-state index in [0.717, 1.165) is 6.42 Å². The molecule has 3 N–H and O–H groups in total. The summed E-state index contributed by atoms with van der Waals surface area (Å²) in [7, 11) is 1.63. The topological polar surface area (TPSA) is 64.3 Å². The molecule has 0 spiro atoms. The number of carbonyl (C=O) groups excluding carboxylic acids is 1. The number of hydrogen-bond donors (Lipinski definition) is 2. The second kappa shape index (κ2) is 5.98. The quantitative estimate of drug-likeness (QED) is 0.665. The van der Waals surface area contributed by atoms with E-state index in [1.54, 1.807) is 7.11 Å². The van der Waals surface area contributed by atoms with E-state index in [4.69, 9.17) is 10.5 Å². The lowest BCUT2D eigenvalue weighted by Crippen LogP contribution is -2.43. The molecule has 0 aromatic heterocycles. The molecule has 4 nitrogen and oxygen atoms in total. The van der Waals surface area contributed by atoms with Crippen LogP contribution >= 0.6 is 0 Å². The zero-order valence-corrected chi connectivity index (χ0v) is 9.59. The van der Waals surface area contributed by atoms with Crippen molar-refractivity contribution in [2.45, 2.75) is 45.2 Å². The Balaban J connectivity index is 3.91. The van der Waals surface area contributed by atoms with Crippen molar-refractivity contribution >= 4 is 5.91 Å². The minimum atomic E-state index is -0.449. The van der Waals surface area contributed by atoms with E-state index in [-0.39, 0.29) is 11.9 Å². The Morgan fingerprint density at radius 2 is 2.14 bits per heavy atom. The van der Waals surface area contributed by atoms with Crippen molar-refractivity contribution in [2.24, 2.45) is 5.73 Å². The monoisotopic (exact) mass is 202 g/mol. The number of hydrogen-bond acceptors (Lipinski definition) is 3. The summed E-state index contributed by atoms with van der Waals surface area (Å²) >= 11 is 0. The first kappa shape index (κ1) is 13.4. The van der Waals surface area contributed by atoms with E-state index < -0.39 is 5.54 Å². The maximum atomic E-state index is 11.5. The van der Waals surface area contributed by atoms with Gasteiger partial charge >= 0.3 is 0 Å². The second-order valence-electron chi connectivity index (χ2n) is 4.29. The Labute approximate surface area is 86.2 Å². The molecule has 1 unspecified atom stereocenters. The van der Waals surface area contributed by atoms with Crippen molar-refractivity contribution in [2.75, 3.05) is 13.7 Å². The van der Waals surface area contributed by atoms with Crippen LogP contribution in [0.4, 0.5) is 0 Å². The van der Waals surface area contributed by atoms with Crippen LogP contribution in [-0.2, 0) is 9.53 Å². The highest BCUT2D eigenvalue weighted by Gasteiger charge is 2.18. The lowest BCUT2D eigenvalue weighted by Gasteiger charge is -2.21. The molecule has 4 heteroatoms. The predicted octanol–water partition coefficient (Wildman–Crippen LogP) is 0.655. The smallest absolute Gasteiger partial charge is 0.222 e. The predicted molar refractivity (Wildman–Crippen MR) is 57.0 cm³/mol. The van der Waals surface area contributed by atoms with Gasteiger partial charge in [-0.3, -0.25) is 4.79 Å². The second-order valence-corrected chi connectivity index (χ2v) is 4.29. The molecule has 84 valence electrons. The van der Waals surface area contributed by atoms with E-state index in [1.807, 2.05) is 20.8 Å².